The van der Waals surface area contributed by atoms with E-state index in [1.807, 2.05) is 0 Å². The normalized spacial score (nSPS) is 26.1. The second-order valence-corrected chi connectivity index (χ2v) is 7.47. The summed E-state index contributed by atoms with van der Waals surface area (Å²) in [5.41, 5.74) is 1.36. The van der Waals surface area contributed by atoms with Crippen molar-refractivity contribution in [2.24, 2.45) is 0 Å². The topological polar surface area (TPSA) is 41.1 Å². The van der Waals surface area contributed by atoms with Crippen molar-refractivity contribution in [3.63, 3.8) is 0 Å². The molecule has 0 spiro atoms. The Morgan fingerprint density at radius 1 is 1.24 bits per heavy atom. The maximum Gasteiger partial charge on any atom is 0.141 e. The highest BCUT2D eigenvalue weighted by Crippen LogP contribution is 2.38. The van der Waals surface area contributed by atoms with E-state index < -0.39 is 0 Å². The summed E-state index contributed by atoms with van der Waals surface area (Å²) in [6.45, 7) is 6.69. The van der Waals surface area contributed by atoms with E-state index in [1.165, 1.54) is 48.1 Å². The first-order chi connectivity index (χ1) is 10.3. The van der Waals surface area contributed by atoms with Crippen LogP contribution in [0.5, 0.6) is 0 Å². The van der Waals surface area contributed by atoms with Crippen LogP contribution in [0.4, 0.5) is 5.82 Å². The van der Waals surface area contributed by atoms with Crippen molar-refractivity contribution in [1.29, 1.82) is 0 Å². The molecule has 0 saturated carbocycles. The average molecular weight is 302 g/mol. The molecule has 0 bridgehead atoms. The summed E-state index contributed by atoms with van der Waals surface area (Å²) in [4.78, 5) is 14.2. The number of hydrogen-bond donors (Lipinski definition) is 1. The lowest BCUT2D eigenvalue weighted by Crippen LogP contribution is -2.44. The summed E-state index contributed by atoms with van der Waals surface area (Å²) < 4.78 is 0. The Hall–Kier alpha value is -1.20. The third kappa shape index (κ3) is 2.14. The molecule has 2 aromatic rings. The van der Waals surface area contributed by atoms with Crippen LogP contribution in [-0.4, -0.2) is 35.1 Å². The van der Waals surface area contributed by atoms with E-state index >= 15 is 0 Å². The zero-order valence-electron chi connectivity index (χ0n) is 12.7. The molecule has 2 fully saturated rings. The van der Waals surface area contributed by atoms with Crippen molar-refractivity contribution in [3.8, 4) is 0 Å². The lowest BCUT2D eigenvalue weighted by atomic mass is 10.0. The maximum absolute atomic E-state index is 4.68. The van der Waals surface area contributed by atoms with Crippen LogP contribution in [0.25, 0.3) is 10.2 Å². The predicted octanol–water partition coefficient (Wildman–Crippen LogP) is 3.03. The molecule has 2 atom stereocenters. The first-order valence-electron chi connectivity index (χ1n) is 7.96. The van der Waals surface area contributed by atoms with E-state index in [-0.39, 0.29) is 0 Å². The number of nitrogens with zero attached hydrogens (tertiary/aromatic N) is 3. The van der Waals surface area contributed by atoms with Crippen LogP contribution in [0.2, 0.25) is 0 Å². The highest BCUT2D eigenvalue weighted by Gasteiger charge is 2.35. The standard InChI is InChI=1S/C16H22N4S/c1-10-11(2)21-16-14(10)15(18-9-19-16)20-8-4-6-13(20)12-5-3-7-17-12/h9,12-13,17H,3-8H2,1-2H3. The molecule has 4 rings (SSSR count). The van der Waals surface area contributed by atoms with Crippen LogP contribution in [0.3, 0.4) is 0 Å². The predicted molar refractivity (Wildman–Crippen MR) is 88.3 cm³/mol. The SMILES string of the molecule is Cc1sc2ncnc(N3CCCC3C3CCCN3)c2c1C. The van der Waals surface area contributed by atoms with E-state index in [9.17, 15) is 0 Å². The van der Waals surface area contributed by atoms with Crippen LogP contribution in [0, 0.1) is 13.8 Å². The number of hydrogen-bond acceptors (Lipinski definition) is 5. The molecule has 5 heteroatoms. The fraction of sp³-hybridized carbons (Fsp3) is 0.625. The van der Waals surface area contributed by atoms with Crippen LogP contribution < -0.4 is 10.2 Å². The van der Waals surface area contributed by atoms with Gasteiger partial charge in [0.25, 0.3) is 0 Å². The minimum absolute atomic E-state index is 0.602. The van der Waals surface area contributed by atoms with E-state index in [4.69, 9.17) is 0 Å². The monoisotopic (exact) mass is 302 g/mol. The van der Waals surface area contributed by atoms with Gasteiger partial charge < -0.3 is 10.2 Å². The van der Waals surface area contributed by atoms with Gasteiger partial charge in [0.2, 0.25) is 0 Å². The molecule has 4 heterocycles. The Morgan fingerprint density at radius 3 is 2.95 bits per heavy atom. The summed E-state index contributed by atoms with van der Waals surface area (Å²) in [5, 5.41) is 4.97. The maximum atomic E-state index is 4.68. The summed E-state index contributed by atoms with van der Waals surface area (Å²) in [7, 11) is 0. The first kappa shape index (κ1) is 13.5. The van der Waals surface area contributed by atoms with Gasteiger partial charge >= 0.3 is 0 Å². The lowest BCUT2D eigenvalue weighted by molar-refractivity contribution is 0.481. The van der Waals surface area contributed by atoms with Crippen LogP contribution in [0.15, 0.2) is 6.33 Å². The largest absolute Gasteiger partial charge is 0.351 e. The molecule has 0 radical (unpaired) electrons. The molecule has 21 heavy (non-hydrogen) atoms. The van der Waals surface area contributed by atoms with Crippen molar-refractivity contribution in [1.82, 2.24) is 15.3 Å². The Labute approximate surface area is 129 Å². The fourth-order valence-corrected chi connectivity index (χ4v) is 4.89. The Bertz CT molecular complexity index is 660. The number of anilines is 1. The van der Waals surface area contributed by atoms with Gasteiger partial charge in [0.05, 0.1) is 5.39 Å². The van der Waals surface area contributed by atoms with Gasteiger partial charge in [-0.05, 0) is 51.6 Å². The summed E-state index contributed by atoms with van der Waals surface area (Å²) >= 11 is 1.79. The highest BCUT2D eigenvalue weighted by molar-refractivity contribution is 7.18. The number of aryl methyl sites for hydroxylation is 2. The molecule has 0 amide bonds. The van der Waals surface area contributed by atoms with Crippen molar-refractivity contribution >= 4 is 27.4 Å². The zero-order chi connectivity index (χ0) is 14.4. The average Bonchev–Trinajstić information content (AvgIpc) is 3.20. The molecule has 1 N–H and O–H groups in total. The molecular formula is C16H22N4S. The number of rotatable bonds is 2. The second-order valence-electron chi connectivity index (χ2n) is 6.27. The molecule has 4 nitrogen and oxygen atoms in total. The molecule has 2 aliphatic rings. The smallest absolute Gasteiger partial charge is 0.141 e. The third-order valence-electron chi connectivity index (χ3n) is 5.08. The van der Waals surface area contributed by atoms with Gasteiger partial charge in [-0.15, -0.1) is 11.3 Å². The number of aromatic nitrogens is 2. The Kier molecular flexibility index (Phi) is 3.34. The minimum atomic E-state index is 0.602. The van der Waals surface area contributed by atoms with Gasteiger partial charge in [-0.25, -0.2) is 9.97 Å². The van der Waals surface area contributed by atoms with E-state index in [0.29, 0.717) is 12.1 Å². The van der Waals surface area contributed by atoms with Crippen LogP contribution in [0.1, 0.15) is 36.1 Å². The Balaban J connectivity index is 1.78. The minimum Gasteiger partial charge on any atom is -0.351 e. The third-order valence-corrected chi connectivity index (χ3v) is 6.19. The summed E-state index contributed by atoms with van der Waals surface area (Å²) in [6.07, 6.45) is 6.91. The first-order valence-corrected chi connectivity index (χ1v) is 8.78. The summed E-state index contributed by atoms with van der Waals surface area (Å²) in [5.74, 6) is 1.16. The van der Waals surface area contributed by atoms with Gasteiger partial charge in [0.15, 0.2) is 0 Å². The van der Waals surface area contributed by atoms with Gasteiger partial charge in [0.1, 0.15) is 17.0 Å². The van der Waals surface area contributed by atoms with Crippen molar-refractivity contribution < 1.29 is 0 Å². The second kappa shape index (κ2) is 5.21. The Morgan fingerprint density at radius 2 is 2.14 bits per heavy atom. The van der Waals surface area contributed by atoms with E-state index in [2.05, 4.69) is 34.0 Å². The van der Waals surface area contributed by atoms with Crippen molar-refractivity contribution in [2.75, 3.05) is 18.0 Å². The summed E-state index contributed by atoms with van der Waals surface area (Å²) in [6, 6.07) is 1.24. The molecule has 2 unspecified atom stereocenters. The number of fused-ring (bicyclic) bond motifs is 1. The number of nitrogens with one attached hydrogen (secondary N) is 1. The van der Waals surface area contributed by atoms with E-state index in [1.54, 1.807) is 17.7 Å². The molecule has 112 valence electrons. The number of thiophene rings is 1. The van der Waals surface area contributed by atoms with Crippen molar-refractivity contribution in [2.45, 2.75) is 51.6 Å². The highest BCUT2D eigenvalue weighted by atomic mass is 32.1. The van der Waals surface area contributed by atoms with E-state index in [0.717, 1.165) is 17.2 Å². The van der Waals surface area contributed by atoms with Gasteiger partial charge in [-0.3, -0.25) is 0 Å². The van der Waals surface area contributed by atoms with Crippen LogP contribution >= 0.6 is 11.3 Å². The molecule has 0 aromatic carbocycles. The van der Waals surface area contributed by atoms with Crippen LogP contribution in [-0.2, 0) is 0 Å². The van der Waals surface area contributed by atoms with Gasteiger partial charge in [-0.1, -0.05) is 0 Å². The molecule has 2 aliphatic heterocycles. The fourth-order valence-electron chi connectivity index (χ4n) is 3.90. The molecule has 0 aliphatic carbocycles. The quantitative estimate of drug-likeness (QED) is 0.926. The zero-order valence-corrected chi connectivity index (χ0v) is 13.5. The molecular weight excluding hydrogens is 280 g/mol. The lowest BCUT2D eigenvalue weighted by Gasteiger charge is -2.31. The molecule has 2 saturated heterocycles. The van der Waals surface area contributed by atoms with Gasteiger partial charge in [-0.2, -0.15) is 0 Å². The van der Waals surface area contributed by atoms with Gasteiger partial charge in [0, 0.05) is 23.5 Å². The van der Waals surface area contributed by atoms with Crippen molar-refractivity contribution in [3.05, 3.63) is 16.8 Å². The molecule has 2 aromatic heterocycles.